The molecule has 0 aliphatic heterocycles. The van der Waals surface area contributed by atoms with Crippen LogP contribution in [-0.2, 0) is 6.54 Å². The van der Waals surface area contributed by atoms with Gasteiger partial charge in [0, 0.05) is 11.5 Å². The van der Waals surface area contributed by atoms with E-state index >= 15 is 0 Å². The third-order valence-electron chi connectivity index (χ3n) is 2.93. The second kappa shape index (κ2) is 4.68. The van der Waals surface area contributed by atoms with E-state index < -0.39 is 0 Å². The van der Waals surface area contributed by atoms with Crippen LogP contribution in [-0.4, -0.2) is 0 Å². The van der Waals surface area contributed by atoms with Gasteiger partial charge in [-0.25, -0.2) is 4.39 Å². The molecule has 0 saturated heterocycles. The number of furan rings is 1. The molecule has 19 heavy (non-hydrogen) atoms. The number of hydrogen-bond donors (Lipinski definition) is 1. The average molecular weight is 275 g/mol. The number of rotatable bonds is 2. The van der Waals surface area contributed by atoms with Crippen molar-refractivity contribution in [1.29, 1.82) is 0 Å². The van der Waals surface area contributed by atoms with E-state index in [1.54, 1.807) is 18.2 Å². The fourth-order valence-corrected chi connectivity index (χ4v) is 2.28. The summed E-state index contributed by atoms with van der Waals surface area (Å²) in [5, 5.41) is 1.39. The molecule has 0 bridgehead atoms. The minimum Gasteiger partial charge on any atom is -0.458 e. The van der Waals surface area contributed by atoms with E-state index in [0.29, 0.717) is 22.9 Å². The highest BCUT2D eigenvalue weighted by Gasteiger charge is 2.09. The molecule has 1 aromatic heterocycles. The van der Waals surface area contributed by atoms with Crippen LogP contribution in [0, 0.1) is 11.9 Å². The largest absolute Gasteiger partial charge is 0.458 e. The minimum atomic E-state index is -0.385. The van der Waals surface area contributed by atoms with Gasteiger partial charge in [-0.3, -0.25) is 0 Å². The minimum absolute atomic E-state index is 0.324. The van der Waals surface area contributed by atoms with Gasteiger partial charge in [0.25, 0.3) is 0 Å². The van der Waals surface area contributed by atoms with E-state index in [1.807, 2.05) is 12.1 Å². The van der Waals surface area contributed by atoms with Crippen molar-refractivity contribution in [2.24, 2.45) is 5.73 Å². The Bertz CT molecular complexity index is 734. The average Bonchev–Trinajstić information content (AvgIpc) is 2.83. The summed E-state index contributed by atoms with van der Waals surface area (Å²) in [5.74, 6) is 0.296. The molecule has 1 heterocycles. The normalized spacial score (nSPS) is 11.1. The van der Waals surface area contributed by atoms with E-state index in [2.05, 4.69) is 6.07 Å². The molecular formula is C15H10ClFNO. The molecule has 3 rings (SSSR count). The molecule has 2 aromatic carbocycles. The highest BCUT2D eigenvalue weighted by Crippen LogP contribution is 2.32. The van der Waals surface area contributed by atoms with Crippen molar-refractivity contribution >= 4 is 22.6 Å². The van der Waals surface area contributed by atoms with Crippen LogP contribution >= 0.6 is 11.6 Å². The third kappa shape index (κ3) is 2.23. The van der Waals surface area contributed by atoms with Crippen LogP contribution in [0.25, 0.3) is 22.1 Å². The molecular weight excluding hydrogens is 265 g/mol. The number of halogens is 2. The molecule has 95 valence electrons. The van der Waals surface area contributed by atoms with Crippen molar-refractivity contribution in [1.82, 2.24) is 0 Å². The van der Waals surface area contributed by atoms with E-state index in [1.165, 1.54) is 6.07 Å². The maximum Gasteiger partial charge on any atom is 0.152 e. The van der Waals surface area contributed by atoms with Crippen LogP contribution in [0.5, 0.6) is 0 Å². The standard InChI is InChI=1S/C15H10ClFNO/c16-14-7-10(9-1-3-12(17)4-2-9)5-11-6-13(8-18)19-15(11)14/h1-3,5-7H,8,18H2. The molecule has 3 aromatic rings. The molecule has 1 radical (unpaired) electrons. The van der Waals surface area contributed by atoms with E-state index in [9.17, 15) is 4.39 Å². The summed E-state index contributed by atoms with van der Waals surface area (Å²) in [5.41, 5.74) is 7.90. The Morgan fingerprint density at radius 1 is 1.21 bits per heavy atom. The summed E-state index contributed by atoms with van der Waals surface area (Å²) in [4.78, 5) is 0. The highest BCUT2D eigenvalue weighted by molar-refractivity contribution is 6.35. The van der Waals surface area contributed by atoms with Gasteiger partial charge in [-0.2, -0.15) is 0 Å². The van der Waals surface area contributed by atoms with Gasteiger partial charge < -0.3 is 10.2 Å². The summed E-state index contributed by atoms with van der Waals surface area (Å²) < 4.78 is 18.4. The van der Waals surface area contributed by atoms with Crippen molar-refractivity contribution in [3.63, 3.8) is 0 Å². The second-order valence-corrected chi connectivity index (χ2v) is 4.63. The fraction of sp³-hybridized carbons (Fsp3) is 0.0667. The lowest BCUT2D eigenvalue weighted by atomic mass is 10.0. The first kappa shape index (κ1) is 12.2. The zero-order chi connectivity index (χ0) is 13.4. The molecule has 0 unspecified atom stereocenters. The molecule has 2 N–H and O–H groups in total. The van der Waals surface area contributed by atoms with E-state index in [-0.39, 0.29) is 5.82 Å². The predicted molar refractivity (Wildman–Crippen MR) is 73.3 cm³/mol. The monoisotopic (exact) mass is 274 g/mol. The predicted octanol–water partition coefficient (Wildman–Crippen LogP) is 4.15. The van der Waals surface area contributed by atoms with Crippen LogP contribution in [0.4, 0.5) is 4.39 Å². The fourth-order valence-electron chi connectivity index (χ4n) is 2.02. The Morgan fingerprint density at radius 2 is 2.05 bits per heavy atom. The van der Waals surface area contributed by atoms with Crippen LogP contribution in [0.3, 0.4) is 0 Å². The first-order valence-electron chi connectivity index (χ1n) is 5.77. The number of benzene rings is 2. The summed E-state index contributed by atoms with van der Waals surface area (Å²) in [6, 6.07) is 12.8. The van der Waals surface area contributed by atoms with Gasteiger partial charge in [-0.05, 0) is 41.5 Å². The molecule has 4 heteroatoms. The first-order chi connectivity index (χ1) is 9.17. The molecule has 0 aliphatic carbocycles. The first-order valence-corrected chi connectivity index (χ1v) is 6.15. The van der Waals surface area contributed by atoms with Gasteiger partial charge in [0.2, 0.25) is 0 Å². The molecule has 0 spiro atoms. The summed E-state index contributed by atoms with van der Waals surface area (Å²) in [6.45, 7) is 0.324. The molecule has 0 amide bonds. The second-order valence-electron chi connectivity index (χ2n) is 4.22. The van der Waals surface area contributed by atoms with Crippen molar-refractivity contribution in [3.05, 3.63) is 59.1 Å². The lowest BCUT2D eigenvalue weighted by Crippen LogP contribution is -1.92. The Labute approximate surface area is 114 Å². The Balaban J connectivity index is 2.17. The third-order valence-corrected chi connectivity index (χ3v) is 3.21. The lowest BCUT2D eigenvalue weighted by Gasteiger charge is -2.02. The zero-order valence-corrected chi connectivity index (χ0v) is 10.7. The Hall–Kier alpha value is -1.84. The molecule has 0 aliphatic rings. The topological polar surface area (TPSA) is 39.2 Å². The van der Waals surface area contributed by atoms with Crippen LogP contribution in [0.2, 0.25) is 5.02 Å². The summed E-state index contributed by atoms with van der Waals surface area (Å²) in [7, 11) is 0. The van der Waals surface area contributed by atoms with Gasteiger partial charge in [-0.15, -0.1) is 0 Å². The lowest BCUT2D eigenvalue weighted by molar-refractivity contribution is 0.552. The highest BCUT2D eigenvalue weighted by atomic mass is 35.5. The van der Waals surface area contributed by atoms with E-state index in [4.69, 9.17) is 21.8 Å². The van der Waals surface area contributed by atoms with E-state index in [0.717, 1.165) is 16.5 Å². The van der Waals surface area contributed by atoms with Crippen LogP contribution in [0.1, 0.15) is 5.76 Å². The van der Waals surface area contributed by atoms with Crippen LogP contribution in [0.15, 0.2) is 40.8 Å². The number of nitrogens with two attached hydrogens (primary N) is 1. The zero-order valence-electron chi connectivity index (χ0n) is 9.91. The smallest absolute Gasteiger partial charge is 0.152 e. The van der Waals surface area contributed by atoms with Gasteiger partial charge in [-0.1, -0.05) is 17.7 Å². The van der Waals surface area contributed by atoms with Gasteiger partial charge in [0.15, 0.2) is 5.58 Å². The van der Waals surface area contributed by atoms with Gasteiger partial charge >= 0.3 is 0 Å². The van der Waals surface area contributed by atoms with Gasteiger partial charge in [0.1, 0.15) is 11.6 Å². The van der Waals surface area contributed by atoms with Gasteiger partial charge in [0.05, 0.1) is 11.6 Å². The van der Waals surface area contributed by atoms with Crippen molar-refractivity contribution in [3.8, 4) is 11.1 Å². The molecule has 0 atom stereocenters. The molecule has 0 saturated carbocycles. The van der Waals surface area contributed by atoms with Crippen molar-refractivity contribution in [2.45, 2.75) is 6.54 Å². The SMILES string of the molecule is NCc1cc2cc(-c3c[c]c(F)cc3)cc(Cl)c2o1. The maximum absolute atomic E-state index is 12.9. The van der Waals surface area contributed by atoms with Crippen molar-refractivity contribution < 1.29 is 8.81 Å². The van der Waals surface area contributed by atoms with Crippen molar-refractivity contribution in [2.75, 3.05) is 0 Å². The summed E-state index contributed by atoms with van der Waals surface area (Å²) in [6.07, 6.45) is 0. The Morgan fingerprint density at radius 3 is 2.74 bits per heavy atom. The number of hydrogen-bond acceptors (Lipinski definition) is 2. The Kier molecular flexibility index (Phi) is 3.01. The summed E-state index contributed by atoms with van der Waals surface area (Å²) >= 11 is 6.19. The van der Waals surface area contributed by atoms with Crippen LogP contribution < -0.4 is 5.73 Å². The molecule has 0 fully saturated rings. The quantitative estimate of drug-likeness (QED) is 0.762. The number of fused-ring (bicyclic) bond motifs is 1. The maximum atomic E-state index is 12.9. The molecule has 2 nitrogen and oxygen atoms in total.